The van der Waals surface area contributed by atoms with Gasteiger partial charge < -0.3 is 31.7 Å². The van der Waals surface area contributed by atoms with E-state index in [1.54, 1.807) is 0 Å². The zero-order valence-electron chi connectivity index (χ0n) is 5.38. The van der Waals surface area contributed by atoms with Gasteiger partial charge >= 0.3 is 45.1 Å². The number of hydrogen-bond acceptors (Lipinski definition) is 0. The molecule has 0 aliphatic carbocycles. The van der Waals surface area contributed by atoms with Crippen molar-refractivity contribution in [2.75, 3.05) is 0 Å². The molecule has 0 unspecified atom stereocenters. The first-order chi connectivity index (χ1) is 1.91. The second kappa shape index (κ2) is 35.7. The Bertz CT molecular complexity index is 16.0. The minimum absolute atomic E-state index is 0. The van der Waals surface area contributed by atoms with Crippen LogP contribution in [-0.4, -0.2) is 0 Å². The van der Waals surface area contributed by atoms with E-state index in [-0.39, 0.29) is 69.9 Å². The molecule has 4 heteroatoms. The van der Waals surface area contributed by atoms with Crippen molar-refractivity contribution in [2.45, 2.75) is 19.8 Å². The summed E-state index contributed by atoms with van der Waals surface area (Å²) >= 11 is 0. The van der Waals surface area contributed by atoms with E-state index >= 15 is 0 Å². The second-order valence-corrected chi connectivity index (χ2v) is 0.854. The Hall–Kier alpha value is 2.06. The van der Waals surface area contributed by atoms with Gasteiger partial charge in [0.25, 0.3) is 0 Å². The molecule has 0 atom stereocenters. The first-order valence-corrected chi connectivity index (χ1v) is 1.71. The summed E-state index contributed by atoms with van der Waals surface area (Å²) in [6.45, 7) is 5.72. The average molecular weight is 226 g/mol. The molecule has 0 heterocycles. The SMILES string of the molecule is [CH2-]CCC.[Cl-].[Cl-].[Li+].[Zr+2]. The number of halogens is 2. The van der Waals surface area contributed by atoms with Crippen molar-refractivity contribution < 1.29 is 69.9 Å². The smallest absolute Gasteiger partial charge is 1.00 e. The molecule has 0 aromatic heterocycles. The molecule has 0 aliphatic heterocycles. The summed E-state index contributed by atoms with van der Waals surface area (Å²) in [6.07, 6.45) is 2.28. The third kappa shape index (κ3) is 42.9. The topological polar surface area (TPSA) is 0 Å². The van der Waals surface area contributed by atoms with Gasteiger partial charge in [0.05, 0.1) is 0 Å². The van der Waals surface area contributed by atoms with Gasteiger partial charge in [-0.3, -0.25) is 0 Å². The Morgan fingerprint density at radius 3 is 1.38 bits per heavy atom. The van der Waals surface area contributed by atoms with E-state index in [2.05, 4.69) is 13.8 Å². The van der Waals surface area contributed by atoms with E-state index < -0.39 is 0 Å². The molecular formula is C4H9Cl2LiZr. The van der Waals surface area contributed by atoms with Crippen molar-refractivity contribution in [3.63, 3.8) is 0 Å². The maximum absolute atomic E-state index is 3.60. The molecule has 0 radical (unpaired) electrons. The Labute approximate surface area is 95.7 Å². The molecule has 0 fully saturated rings. The van der Waals surface area contributed by atoms with E-state index in [9.17, 15) is 0 Å². The molecule has 0 amide bonds. The van der Waals surface area contributed by atoms with Gasteiger partial charge in [-0.2, -0.15) is 6.42 Å². The second-order valence-electron chi connectivity index (χ2n) is 0.854. The molecule has 0 saturated carbocycles. The summed E-state index contributed by atoms with van der Waals surface area (Å²) in [7, 11) is 0. The van der Waals surface area contributed by atoms with Crippen LogP contribution in [0.25, 0.3) is 0 Å². The van der Waals surface area contributed by atoms with Crippen LogP contribution in [-0.2, 0) is 26.2 Å². The van der Waals surface area contributed by atoms with E-state index in [4.69, 9.17) is 0 Å². The van der Waals surface area contributed by atoms with Gasteiger partial charge in [-0.15, -0.1) is 0 Å². The van der Waals surface area contributed by atoms with Gasteiger partial charge in [0.1, 0.15) is 0 Å². The minimum Gasteiger partial charge on any atom is -1.00 e. The Kier molecular flexibility index (Phi) is 144. The van der Waals surface area contributed by atoms with E-state index in [0.29, 0.717) is 0 Å². The molecule has 0 aromatic rings. The van der Waals surface area contributed by atoms with Crippen molar-refractivity contribution in [2.24, 2.45) is 0 Å². The van der Waals surface area contributed by atoms with Crippen molar-refractivity contribution in [3.05, 3.63) is 6.92 Å². The zero-order chi connectivity index (χ0) is 3.41. The first-order valence-electron chi connectivity index (χ1n) is 1.71. The molecule has 0 nitrogen and oxygen atoms in total. The fourth-order valence-corrected chi connectivity index (χ4v) is 0. The molecule has 0 aromatic carbocycles. The summed E-state index contributed by atoms with van der Waals surface area (Å²) in [6, 6.07) is 0. The van der Waals surface area contributed by atoms with Crippen LogP contribution in [0, 0.1) is 6.92 Å². The normalized spacial score (nSPS) is 3.75. The summed E-state index contributed by atoms with van der Waals surface area (Å²) in [5, 5.41) is 0. The molecule has 0 aliphatic rings. The molecular weight excluding hydrogens is 217 g/mol. The maximum Gasteiger partial charge on any atom is 2.00 e. The number of rotatable bonds is 1. The maximum atomic E-state index is 3.60. The summed E-state index contributed by atoms with van der Waals surface area (Å²) in [5.41, 5.74) is 0. The van der Waals surface area contributed by atoms with Gasteiger partial charge in [-0.05, 0) is 0 Å². The Balaban J connectivity index is -0.00000000750. The molecule has 44 valence electrons. The third-order valence-corrected chi connectivity index (χ3v) is 0.354. The van der Waals surface area contributed by atoms with Crippen LogP contribution in [0.5, 0.6) is 0 Å². The Morgan fingerprint density at radius 1 is 1.25 bits per heavy atom. The predicted molar refractivity (Wildman–Crippen MR) is 20.3 cm³/mol. The largest absolute Gasteiger partial charge is 2.00 e. The van der Waals surface area contributed by atoms with Crippen LogP contribution in [0.4, 0.5) is 0 Å². The number of hydrogen-bond donors (Lipinski definition) is 0. The number of unbranched alkanes of at least 4 members (excludes halogenated alkanes) is 1. The third-order valence-electron chi connectivity index (χ3n) is 0.354. The Morgan fingerprint density at radius 2 is 1.38 bits per heavy atom. The average Bonchev–Trinajstić information content (AvgIpc) is 1.37. The van der Waals surface area contributed by atoms with Crippen LogP contribution >= 0.6 is 0 Å². The van der Waals surface area contributed by atoms with Crippen molar-refractivity contribution in [1.82, 2.24) is 0 Å². The molecule has 8 heavy (non-hydrogen) atoms. The van der Waals surface area contributed by atoms with Gasteiger partial charge in [0, 0.05) is 0 Å². The van der Waals surface area contributed by atoms with E-state index in [0.717, 1.165) is 6.42 Å². The van der Waals surface area contributed by atoms with Crippen LogP contribution in [0.1, 0.15) is 19.8 Å². The van der Waals surface area contributed by atoms with E-state index in [1.807, 2.05) is 0 Å². The summed E-state index contributed by atoms with van der Waals surface area (Å²) < 4.78 is 0. The van der Waals surface area contributed by atoms with Crippen molar-refractivity contribution >= 4 is 0 Å². The summed E-state index contributed by atoms with van der Waals surface area (Å²) in [4.78, 5) is 0. The quantitative estimate of drug-likeness (QED) is 0.308. The predicted octanol–water partition coefficient (Wildman–Crippen LogP) is -7.37. The molecule has 0 saturated heterocycles. The van der Waals surface area contributed by atoms with Gasteiger partial charge in [-0.25, -0.2) is 0 Å². The van der Waals surface area contributed by atoms with Crippen molar-refractivity contribution in [1.29, 1.82) is 0 Å². The van der Waals surface area contributed by atoms with Crippen LogP contribution in [0.2, 0.25) is 0 Å². The van der Waals surface area contributed by atoms with Crippen LogP contribution < -0.4 is 43.7 Å². The van der Waals surface area contributed by atoms with E-state index in [1.165, 1.54) is 6.42 Å². The summed E-state index contributed by atoms with van der Waals surface area (Å²) in [5.74, 6) is 0. The molecule has 0 N–H and O–H groups in total. The van der Waals surface area contributed by atoms with Crippen LogP contribution in [0.3, 0.4) is 0 Å². The molecule has 0 spiro atoms. The molecule has 0 bridgehead atoms. The standard InChI is InChI=1S/C4H9.2ClH.Li.Zr/c1-3-4-2;;;;/h1,3-4H2,2H3;2*1H;;/q-1;;;+1;+2/p-2. The van der Waals surface area contributed by atoms with Gasteiger partial charge in [0.15, 0.2) is 0 Å². The molecule has 0 rings (SSSR count). The van der Waals surface area contributed by atoms with Gasteiger partial charge in [0.2, 0.25) is 0 Å². The van der Waals surface area contributed by atoms with Crippen molar-refractivity contribution in [3.8, 4) is 0 Å². The first kappa shape index (κ1) is 32.3. The van der Waals surface area contributed by atoms with Crippen LogP contribution in [0.15, 0.2) is 0 Å². The minimum atomic E-state index is 0. The fourth-order valence-electron chi connectivity index (χ4n) is 0. The monoisotopic (exact) mass is 224 g/mol. The van der Waals surface area contributed by atoms with Gasteiger partial charge in [-0.1, -0.05) is 13.3 Å². The fraction of sp³-hybridized carbons (Fsp3) is 0.750. The zero-order valence-corrected chi connectivity index (χ0v) is 9.35.